The molecule has 0 radical (unpaired) electrons. The molecule has 0 aromatic heterocycles. The number of halogens is 3. The molecule has 3 nitrogen and oxygen atoms in total. The number of para-hydroxylation sites is 1. The normalized spacial score (nSPS) is 13.5. The minimum absolute atomic E-state index is 0.266. The summed E-state index contributed by atoms with van der Waals surface area (Å²) in [7, 11) is 0. The summed E-state index contributed by atoms with van der Waals surface area (Å²) >= 11 is 0. The Morgan fingerprint density at radius 1 is 0.867 bits per heavy atom. The Morgan fingerprint density at radius 2 is 1.53 bits per heavy atom. The number of hydrogen-bond donors (Lipinski definition) is 2. The molecule has 3 rings (SSSR count). The first-order valence-electron chi connectivity index (χ1n) is 9.64. The van der Waals surface area contributed by atoms with E-state index < -0.39 is 23.8 Å². The van der Waals surface area contributed by atoms with E-state index in [2.05, 4.69) is 10.6 Å². The Morgan fingerprint density at radius 3 is 2.23 bits per heavy atom. The second kappa shape index (κ2) is 9.13. The van der Waals surface area contributed by atoms with Gasteiger partial charge >= 0.3 is 6.18 Å². The molecule has 30 heavy (non-hydrogen) atoms. The maximum Gasteiger partial charge on any atom is 0.416 e. The number of amides is 1. The predicted octanol–water partition coefficient (Wildman–Crippen LogP) is 6.05. The number of anilines is 1. The van der Waals surface area contributed by atoms with Crippen molar-refractivity contribution in [2.75, 3.05) is 5.32 Å². The molecule has 6 heteroatoms. The standard InChI is InChI=1S/C24H23F3N2O/c1-16(19-11-8-12-20(15-19)24(25,26)27)28-17(2)23(30)29-22-14-7-6-13-21(22)18-9-4-3-5-10-18/h3-17,28H,1-2H3,(H,29,30)/t16-,17-/m0/s1. The van der Waals surface area contributed by atoms with Crippen molar-refractivity contribution >= 4 is 11.6 Å². The van der Waals surface area contributed by atoms with Gasteiger partial charge in [0.1, 0.15) is 0 Å². The van der Waals surface area contributed by atoms with Gasteiger partial charge in [0.05, 0.1) is 11.6 Å². The first-order chi connectivity index (χ1) is 14.3. The van der Waals surface area contributed by atoms with E-state index in [0.29, 0.717) is 11.3 Å². The third-order valence-corrected chi connectivity index (χ3v) is 4.88. The topological polar surface area (TPSA) is 41.1 Å². The lowest BCUT2D eigenvalue weighted by Crippen LogP contribution is -2.39. The largest absolute Gasteiger partial charge is 0.416 e. The summed E-state index contributed by atoms with van der Waals surface area (Å²) in [5.41, 5.74) is 2.31. The number of nitrogens with one attached hydrogen (secondary N) is 2. The fraction of sp³-hybridized carbons (Fsp3) is 0.208. The molecule has 0 saturated carbocycles. The Balaban J connectivity index is 1.70. The van der Waals surface area contributed by atoms with Crippen LogP contribution in [-0.2, 0) is 11.0 Å². The lowest BCUT2D eigenvalue weighted by Gasteiger charge is -2.21. The summed E-state index contributed by atoms with van der Waals surface area (Å²) in [6.07, 6.45) is -4.40. The molecule has 3 aromatic carbocycles. The van der Waals surface area contributed by atoms with E-state index in [-0.39, 0.29) is 5.91 Å². The maximum absolute atomic E-state index is 13.0. The van der Waals surface area contributed by atoms with Gasteiger partial charge in [-0.05, 0) is 43.2 Å². The SMILES string of the molecule is C[C@H](N[C@@H](C)c1cccc(C(F)(F)F)c1)C(=O)Nc1ccccc1-c1ccccc1. The number of benzene rings is 3. The van der Waals surface area contributed by atoms with Crippen molar-refractivity contribution in [1.82, 2.24) is 5.32 Å². The molecule has 0 aliphatic rings. The highest BCUT2D eigenvalue weighted by molar-refractivity contribution is 5.98. The second-order valence-electron chi connectivity index (χ2n) is 7.13. The van der Waals surface area contributed by atoms with Gasteiger partial charge < -0.3 is 5.32 Å². The molecular formula is C24H23F3N2O. The van der Waals surface area contributed by atoms with E-state index in [1.54, 1.807) is 19.9 Å². The maximum atomic E-state index is 13.0. The second-order valence-corrected chi connectivity index (χ2v) is 7.13. The van der Waals surface area contributed by atoms with Crippen molar-refractivity contribution in [3.63, 3.8) is 0 Å². The third kappa shape index (κ3) is 5.27. The van der Waals surface area contributed by atoms with Crippen LogP contribution >= 0.6 is 0 Å². The van der Waals surface area contributed by atoms with Crippen LogP contribution in [0.2, 0.25) is 0 Å². The predicted molar refractivity (Wildman–Crippen MR) is 113 cm³/mol. The van der Waals surface area contributed by atoms with Gasteiger partial charge in [-0.25, -0.2) is 0 Å². The molecule has 0 aliphatic carbocycles. The van der Waals surface area contributed by atoms with Gasteiger partial charge in [-0.15, -0.1) is 0 Å². The smallest absolute Gasteiger partial charge is 0.324 e. The number of carbonyl (C=O) groups is 1. The molecule has 0 saturated heterocycles. The van der Waals surface area contributed by atoms with Crippen LogP contribution in [-0.4, -0.2) is 11.9 Å². The Bertz CT molecular complexity index is 1000. The molecule has 1 amide bonds. The number of rotatable bonds is 6. The highest BCUT2D eigenvalue weighted by Crippen LogP contribution is 2.31. The van der Waals surface area contributed by atoms with Gasteiger partial charge in [0.15, 0.2) is 0 Å². The minimum atomic E-state index is -4.40. The van der Waals surface area contributed by atoms with E-state index in [0.717, 1.165) is 23.3 Å². The number of alkyl halides is 3. The van der Waals surface area contributed by atoms with Crippen LogP contribution in [0.3, 0.4) is 0 Å². The van der Waals surface area contributed by atoms with Crippen molar-refractivity contribution in [2.45, 2.75) is 32.1 Å². The monoisotopic (exact) mass is 412 g/mol. The summed E-state index contributed by atoms with van der Waals surface area (Å²) in [4.78, 5) is 12.7. The molecule has 0 unspecified atom stereocenters. The molecule has 0 spiro atoms. The fourth-order valence-electron chi connectivity index (χ4n) is 3.23. The van der Waals surface area contributed by atoms with E-state index in [1.165, 1.54) is 6.07 Å². The average Bonchev–Trinajstić information content (AvgIpc) is 2.74. The molecule has 0 fully saturated rings. The van der Waals surface area contributed by atoms with Crippen molar-refractivity contribution in [1.29, 1.82) is 0 Å². The lowest BCUT2D eigenvalue weighted by molar-refractivity contribution is -0.137. The molecule has 0 heterocycles. The first kappa shape index (κ1) is 21.6. The van der Waals surface area contributed by atoms with Crippen LogP contribution in [0, 0.1) is 0 Å². The van der Waals surface area contributed by atoms with Crippen LogP contribution in [0.15, 0.2) is 78.9 Å². The van der Waals surface area contributed by atoms with E-state index in [4.69, 9.17) is 0 Å². The van der Waals surface area contributed by atoms with Crippen molar-refractivity contribution < 1.29 is 18.0 Å². The molecule has 156 valence electrons. The van der Waals surface area contributed by atoms with Crippen LogP contribution in [0.25, 0.3) is 11.1 Å². The van der Waals surface area contributed by atoms with Crippen molar-refractivity contribution in [3.05, 3.63) is 90.0 Å². The molecule has 0 aliphatic heterocycles. The number of carbonyl (C=O) groups excluding carboxylic acids is 1. The first-order valence-corrected chi connectivity index (χ1v) is 9.64. The molecule has 3 aromatic rings. The summed E-state index contributed by atoms with van der Waals surface area (Å²) in [6.45, 7) is 3.42. The average molecular weight is 412 g/mol. The van der Waals surface area contributed by atoms with E-state index >= 15 is 0 Å². The summed E-state index contributed by atoms with van der Waals surface area (Å²) in [5.74, 6) is -0.266. The zero-order valence-electron chi connectivity index (χ0n) is 16.7. The highest BCUT2D eigenvalue weighted by Gasteiger charge is 2.31. The molecule has 0 bridgehead atoms. The molecule has 2 atom stereocenters. The Labute approximate surface area is 173 Å². The Hall–Kier alpha value is -3.12. The van der Waals surface area contributed by atoms with Gasteiger partial charge in [-0.2, -0.15) is 13.2 Å². The van der Waals surface area contributed by atoms with Crippen LogP contribution < -0.4 is 10.6 Å². The minimum Gasteiger partial charge on any atom is -0.324 e. The quantitative estimate of drug-likeness (QED) is 0.517. The van der Waals surface area contributed by atoms with E-state index in [9.17, 15) is 18.0 Å². The summed E-state index contributed by atoms with van der Waals surface area (Å²) in [6, 6.07) is 21.3. The summed E-state index contributed by atoms with van der Waals surface area (Å²) in [5, 5.41) is 5.99. The van der Waals surface area contributed by atoms with Gasteiger partial charge in [0, 0.05) is 17.3 Å². The summed E-state index contributed by atoms with van der Waals surface area (Å²) < 4.78 is 38.9. The zero-order chi connectivity index (χ0) is 21.7. The van der Waals surface area contributed by atoms with Gasteiger partial charge in [0.25, 0.3) is 0 Å². The third-order valence-electron chi connectivity index (χ3n) is 4.88. The van der Waals surface area contributed by atoms with E-state index in [1.807, 2.05) is 54.6 Å². The zero-order valence-corrected chi connectivity index (χ0v) is 16.7. The number of hydrogen-bond acceptors (Lipinski definition) is 2. The van der Waals surface area contributed by atoms with Crippen LogP contribution in [0.4, 0.5) is 18.9 Å². The Kier molecular flexibility index (Phi) is 6.57. The lowest BCUT2D eigenvalue weighted by atomic mass is 10.0. The van der Waals surface area contributed by atoms with Gasteiger partial charge in [-0.1, -0.05) is 60.7 Å². The highest BCUT2D eigenvalue weighted by atomic mass is 19.4. The van der Waals surface area contributed by atoms with Crippen molar-refractivity contribution in [3.8, 4) is 11.1 Å². The molecular weight excluding hydrogens is 389 g/mol. The van der Waals surface area contributed by atoms with Crippen LogP contribution in [0.1, 0.15) is 31.0 Å². The molecule has 2 N–H and O–H groups in total. The fourth-order valence-corrected chi connectivity index (χ4v) is 3.23. The van der Waals surface area contributed by atoms with Crippen molar-refractivity contribution in [2.24, 2.45) is 0 Å². The van der Waals surface area contributed by atoms with Gasteiger partial charge in [0.2, 0.25) is 5.91 Å². The van der Waals surface area contributed by atoms with Gasteiger partial charge in [-0.3, -0.25) is 10.1 Å². The van der Waals surface area contributed by atoms with Crippen LogP contribution in [0.5, 0.6) is 0 Å².